The van der Waals surface area contributed by atoms with Crippen LogP contribution in [0.15, 0.2) is 0 Å². The van der Waals surface area contributed by atoms with Crippen molar-refractivity contribution in [1.82, 2.24) is 0 Å². The van der Waals surface area contributed by atoms with Crippen molar-refractivity contribution in [2.45, 2.75) is 20.3 Å². The molecule has 5 nitrogen and oxygen atoms in total. The topological polar surface area (TPSA) is 62.9 Å². The molecule has 0 saturated heterocycles. The molecule has 0 fully saturated rings. The zero-order chi connectivity index (χ0) is 13.5. The van der Waals surface area contributed by atoms with Crippen LogP contribution in [0.1, 0.15) is 20.3 Å². The highest BCUT2D eigenvalue weighted by molar-refractivity contribution is 4.45. The molecule has 5 heteroatoms. The van der Waals surface area contributed by atoms with Crippen molar-refractivity contribution in [2.24, 2.45) is 11.7 Å². The number of hydrogen-bond acceptors (Lipinski definition) is 5. The predicted molar refractivity (Wildman–Crippen MR) is 71.8 cm³/mol. The summed E-state index contributed by atoms with van der Waals surface area (Å²) in [5.74, 6) is 0.627. The lowest BCUT2D eigenvalue weighted by Gasteiger charge is -2.09. The van der Waals surface area contributed by atoms with E-state index in [4.69, 9.17) is 24.7 Å². The number of ether oxygens (including phenoxy) is 4. The fourth-order valence-electron chi connectivity index (χ4n) is 1.15. The summed E-state index contributed by atoms with van der Waals surface area (Å²) in [5.41, 5.74) is 5.28. The molecule has 0 rings (SSSR count). The maximum Gasteiger partial charge on any atom is 0.0701 e. The molecule has 0 aliphatic rings. The molecule has 18 heavy (non-hydrogen) atoms. The summed E-state index contributed by atoms with van der Waals surface area (Å²) in [4.78, 5) is 0. The number of nitrogens with two attached hydrogens (primary N) is 1. The van der Waals surface area contributed by atoms with E-state index in [0.717, 1.165) is 13.0 Å². The zero-order valence-corrected chi connectivity index (χ0v) is 11.9. The van der Waals surface area contributed by atoms with Gasteiger partial charge in [0.25, 0.3) is 0 Å². The zero-order valence-electron chi connectivity index (χ0n) is 11.9. The maximum absolute atomic E-state index is 5.46. The summed E-state index contributed by atoms with van der Waals surface area (Å²) in [7, 11) is 0. The van der Waals surface area contributed by atoms with Crippen LogP contribution in [0.3, 0.4) is 0 Å². The van der Waals surface area contributed by atoms with E-state index in [1.807, 2.05) is 0 Å². The van der Waals surface area contributed by atoms with Crippen LogP contribution in [0, 0.1) is 5.92 Å². The summed E-state index contributed by atoms with van der Waals surface area (Å²) >= 11 is 0. The van der Waals surface area contributed by atoms with Crippen molar-refractivity contribution in [3.8, 4) is 0 Å². The Kier molecular flexibility index (Phi) is 14.7. The second kappa shape index (κ2) is 14.9. The van der Waals surface area contributed by atoms with E-state index < -0.39 is 0 Å². The Bertz CT molecular complexity index is 158. The Morgan fingerprint density at radius 2 is 1.22 bits per heavy atom. The van der Waals surface area contributed by atoms with Crippen molar-refractivity contribution < 1.29 is 18.9 Å². The standard InChI is InChI=1S/C13H29NO4/c1-3-13(2)12-18-11-10-17-9-8-16-7-6-15-5-4-14/h13H,3-12,14H2,1-2H3. The highest BCUT2D eigenvalue weighted by Gasteiger charge is 1.97. The van der Waals surface area contributed by atoms with Crippen molar-refractivity contribution in [3.05, 3.63) is 0 Å². The van der Waals surface area contributed by atoms with Gasteiger partial charge in [-0.15, -0.1) is 0 Å². The van der Waals surface area contributed by atoms with Crippen molar-refractivity contribution in [1.29, 1.82) is 0 Å². The second-order valence-electron chi connectivity index (χ2n) is 4.21. The van der Waals surface area contributed by atoms with Gasteiger partial charge in [0.1, 0.15) is 0 Å². The van der Waals surface area contributed by atoms with E-state index in [1.165, 1.54) is 0 Å². The van der Waals surface area contributed by atoms with Gasteiger partial charge >= 0.3 is 0 Å². The van der Waals surface area contributed by atoms with E-state index in [1.54, 1.807) is 0 Å². The smallest absolute Gasteiger partial charge is 0.0701 e. The Morgan fingerprint density at radius 1 is 0.778 bits per heavy atom. The molecule has 0 radical (unpaired) electrons. The third-order valence-corrected chi connectivity index (χ3v) is 2.48. The lowest BCUT2D eigenvalue weighted by atomic mass is 10.1. The Labute approximate surface area is 111 Å². The van der Waals surface area contributed by atoms with Gasteiger partial charge in [0, 0.05) is 13.2 Å². The van der Waals surface area contributed by atoms with Gasteiger partial charge in [-0.05, 0) is 5.92 Å². The molecule has 0 bridgehead atoms. The molecule has 0 amide bonds. The first-order chi connectivity index (χ1) is 8.81. The van der Waals surface area contributed by atoms with Gasteiger partial charge < -0.3 is 24.7 Å². The van der Waals surface area contributed by atoms with Crippen LogP contribution in [0.5, 0.6) is 0 Å². The van der Waals surface area contributed by atoms with Crippen molar-refractivity contribution >= 4 is 0 Å². The summed E-state index contributed by atoms with van der Waals surface area (Å²) in [6.45, 7) is 9.97. The lowest BCUT2D eigenvalue weighted by Crippen LogP contribution is -2.15. The van der Waals surface area contributed by atoms with Crippen LogP contribution in [0.25, 0.3) is 0 Å². The van der Waals surface area contributed by atoms with E-state index in [9.17, 15) is 0 Å². The van der Waals surface area contributed by atoms with Crippen molar-refractivity contribution in [2.75, 3.05) is 59.4 Å². The van der Waals surface area contributed by atoms with Crippen LogP contribution < -0.4 is 5.73 Å². The first kappa shape index (κ1) is 17.8. The van der Waals surface area contributed by atoms with E-state index >= 15 is 0 Å². The van der Waals surface area contributed by atoms with Crippen LogP contribution >= 0.6 is 0 Å². The first-order valence-electron chi connectivity index (χ1n) is 6.82. The van der Waals surface area contributed by atoms with Crippen molar-refractivity contribution in [3.63, 3.8) is 0 Å². The number of hydrogen-bond donors (Lipinski definition) is 1. The molecule has 0 spiro atoms. The molecule has 0 aromatic rings. The third-order valence-electron chi connectivity index (χ3n) is 2.48. The van der Waals surface area contributed by atoms with Crippen LogP contribution in [0.4, 0.5) is 0 Å². The molecule has 1 unspecified atom stereocenters. The summed E-state index contributed by atoms with van der Waals surface area (Å²) in [6, 6.07) is 0. The maximum atomic E-state index is 5.46. The normalized spacial score (nSPS) is 12.8. The summed E-state index contributed by atoms with van der Waals surface area (Å²) < 4.78 is 21.3. The number of rotatable bonds is 14. The summed E-state index contributed by atoms with van der Waals surface area (Å²) in [6.07, 6.45) is 1.15. The average molecular weight is 263 g/mol. The highest BCUT2D eigenvalue weighted by Crippen LogP contribution is 1.99. The van der Waals surface area contributed by atoms with Gasteiger partial charge in [-0.25, -0.2) is 0 Å². The Balaban J connectivity index is 2.94. The van der Waals surface area contributed by atoms with Gasteiger partial charge in [0.15, 0.2) is 0 Å². The molecule has 0 aromatic carbocycles. The Morgan fingerprint density at radius 3 is 1.67 bits per heavy atom. The lowest BCUT2D eigenvalue weighted by molar-refractivity contribution is -0.00465. The fraction of sp³-hybridized carbons (Fsp3) is 1.00. The van der Waals surface area contributed by atoms with Gasteiger partial charge in [-0.1, -0.05) is 20.3 Å². The molecule has 110 valence electrons. The van der Waals surface area contributed by atoms with Crippen LogP contribution in [-0.2, 0) is 18.9 Å². The van der Waals surface area contributed by atoms with Gasteiger partial charge in [-0.2, -0.15) is 0 Å². The van der Waals surface area contributed by atoms with Gasteiger partial charge in [0.05, 0.1) is 46.2 Å². The molecule has 0 aromatic heterocycles. The van der Waals surface area contributed by atoms with Gasteiger partial charge in [-0.3, -0.25) is 0 Å². The van der Waals surface area contributed by atoms with E-state index in [-0.39, 0.29) is 0 Å². The van der Waals surface area contributed by atoms with E-state index in [0.29, 0.717) is 58.7 Å². The molecule has 0 heterocycles. The molecule has 2 N–H and O–H groups in total. The molecular formula is C13H29NO4. The Hall–Kier alpha value is -0.200. The molecule has 0 aliphatic heterocycles. The SMILES string of the molecule is CCC(C)COCCOCCOCCOCCN. The molecule has 1 atom stereocenters. The fourth-order valence-corrected chi connectivity index (χ4v) is 1.15. The quantitative estimate of drug-likeness (QED) is 0.475. The largest absolute Gasteiger partial charge is 0.379 e. The average Bonchev–Trinajstić information content (AvgIpc) is 2.39. The predicted octanol–water partition coefficient (Wildman–Crippen LogP) is 1.06. The van der Waals surface area contributed by atoms with Crippen LogP contribution in [0.2, 0.25) is 0 Å². The summed E-state index contributed by atoms with van der Waals surface area (Å²) in [5, 5.41) is 0. The molecule has 0 aliphatic carbocycles. The highest BCUT2D eigenvalue weighted by atomic mass is 16.6. The molecular weight excluding hydrogens is 234 g/mol. The minimum absolute atomic E-state index is 0.555. The molecule has 0 saturated carbocycles. The van der Waals surface area contributed by atoms with E-state index in [2.05, 4.69) is 13.8 Å². The monoisotopic (exact) mass is 263 g/mol. The third kappa shape index (κ3) is 13.9. The van der Waals surface area contributed by atoms with Gasteiger partial charge in [0.2, 0.25) is 0 Å². The van der Waals surface area contributed by atoms with Crippen LogP contribution in [-0.4, -0.2) is 59.4 Å². The minimum atomic E-state index is 0.555. The second-order valence-corrected chi connectivity index (χ2v) is 4.21. The first-order valence-corrected chi connectivity index (χ1v) is 6.82. The minimum Gasteiger partial charge on any atom is -0.379 e.